The van der Waals surface area contributed by atoms with Crippen molar-refractivity contribution >= 4 is 28.9 Å². The Balaban J connectivity index is 2.31. The van der Waals surface area contributed by atoms with Crippen LogP contribution < -0.4 is 10.9 Å². The standard InChI is InChI=1S/C12H10Cl2N4O/c1-6-12(19)16-10-7-4-2-3-5-8(7)15-11(9(13)14)18(10)17-6/h2-5,9,11,15H,1H3. The molecule has 1 atom stereocenters. The molecule has 1 aliphatic rings. The van der Waals surface area contributed by atoms with Gasteiger partial charge in [0.25, 0.3) is 5.56 Å². The first-order chi connectivity index (χ1) is 9.08. The maximum absolute atomic E-state index is 11.7. The summed E-state index contributed by atoms with van der Waals surface area (Å²) < 4.78 is 1.56. The summed E-state index contributed by atoms with van der Waals surface area (Å²) in [5.74, 6) is 0.473. The largest absolute Gasteiger partial charge is 0.361 e. The summed E-state index contributed by atoms with van der Waals surface area (Å²) in [6.45, 7) is 1.61. The lowest BCUT2D eigenvalue weighted by Gasteiger charge is -2.30. The molecule has 1 aromatic heterocycles. The molecule has 1 aliphatic heterocycles. The number of rotatable bonds is 1. The molecule has 1 N–H and O–H groups in total. The van der Waals surface area contributed by atoms with Crippen LogP contribution in [0.1, 0.15) is 11.9 Å². The van der Waals surface area contributed by atoms with Crippen LogP contribution in [0, 0.1) is 6.92 Å². The smallest absolute Gasteiger partial charge is 0.294 e. The van der Waals surface area contributed by atoms with E-state index >= 15 is 0 Å². The van der Waals surface area contributed by atoms with Gasteiger partial charge in [0.2, 0.25) is 0 Å². The zero-order valence-corrected chi connectivity index (χ0v) is 11.5. The van der Waals surface area contributed by atoms with E-state index < -0.39 is 11.0 Å². The highest BCUT2D eigenvalue weighted by Crippen LogP contribution is 2.36. The minimum Gasteiger partial charge on any atom is -0.361 e. The molecule has 0 saturated carbocycles. The van der Waals surface area contributed by atoms with E-state index in [4.69, 9.17) is 23.2 Å². The number of hydrogen-bond donors (Lipinski definition) is 1. The van der Waals surface area contributed by atoms with E-state index in [-0.39, 0.29) is 5.56 Å². The molecule has 19 heavy (non-hydrogen) atoms. The molecular weight excluding hydrogens is 287 g/mol. The maximum atomic E-state index is 11.7. The molecule has 2 heterocycles. The zero-order valence-electron chi connectivity index (χ0n) is 9.97. The van der Waals surface area contributed by atoms with E-state index in [1.165, 1.54) is 0 Å². The Morgan fingerprint density at radius 3 is 2.84 bits per heavy atom. The normalized spacial score (nSPS) is 16.7. The Bertz CT molecular complexity index is 698. The summed E-state index contributed by atoms with van der Waals surface area (Å²) >= 11 is 12.0. The van der Waals surface area contributed by atoms with Crippen LogP contribution in [0.15, 0.2) is 29.1 Å². The van der Waals surface area contributed by atoms with Crippen LogP contribution in [-0.4, -0.2) is 19.6 Å². The Morgan fingerprint density at radius 2 is 2.11 bits per heavy atom. The van der Waals surface area contributed by atoms with Crippen molar-refractivity contribution in [2.24, 2.45) is 0 Å². The summed E-state index contributed by atoms with van der Waals surface area (Å²) in [7, 11) is 0. The third-order valence-electron chi connectivity index (χ3n) is 2.97. The van der Waals surface area contributed by atoms with Gasteiger partial charge in [-0.15, -0.1) is 23.2 Å². The summed E-state index contributed by atoms with van der Waals surface area (Å²) in [5.41, 5.74) is 1.60. The second-order valence-corrected chi connectivity index (χ2v) is 5.40. The fourth-order valence-corrected chi connectivity index (χ4v) is 2.39. The van der Waals surface area contributed by atoms with Gasteiger partial charge in [0.1, 0.15) is 10.5 Å². The molecule has 0 aliphatic carbocycles. The van der Waals surface area contributed by atoms with Crippen molar-refractivity contribution in [3.63, 3.8) is 0 Å². The quantitative estimate of drug-likeness (QED) is 0.821. The van der Waals surface area contributed by atoms with Gasteiger partial charge in [-0.05, 0) is 19.1 Å². The second-order valence-electron chi connectivity index (χ2n) is 4.24. The number of nitrogens with one attached hydrogen (secondary N) is 1. The number of halogens is 2. The van der Waals surface area contributed by atoms with Crippen molar-refractivity contribution in [2.45, 2.75) is 17.9 Å². The maximum Gasteiger partial charge on any atom is 0.294 e. The van der Waals surface area contributed by atoms with Gasteiger partial charge in [0.05, 0.1) is 0 Å². The molecule has 5 nitrogen and oxygen atoms in total. The predicted molar refractivity (Wildman–Crippen MR) is 74.6 cm³/mol. The van der Waals surface area contributed by atoms with Crippen molar-refractivity contribution in [2.75, 3.05) is 5.32 Å². The Labute approximate surface area is 119 Å². The van der Waals surface area contributed by atoms with Gasteiger partial charge < -0.3 is 5.32 Å². The number of aromatic nitrogens is 3. The topological polar surface area (TPSA) is 59.8 Å². The van der Waals surface area contributed by atoms with E-state index in [0.717, 1.165) is 11.3 Å². The molecule has 0 radical (unpaired) electrons. The van der Waals surface area contributed by atoms with Gasteiger partial charge >= 0.3 is 0 Å². The lowest BCUT2D eigenvalue weighted by Crippen LogP contribution is -2.34. The number of fused-ring (bicyclic) bond motifs is 3. The molecule has 3 rings (SSSR count). The third-order valence-corrected chi connectivity index (χ3v) is 3.44. The number of benzene rings is 1. The molecule has 1 unspecified atom stereocenters. The van der Waals surface area contributed by atoms with Crippen LogP contribution in [-0.2, 0) is 0 Å². The molecule has 0 fully saturated rings. The van der Waals surface area contributed by atoms with Gasteiger partial charge in [0.15, 0.2) is 12.0 Å². The minimum absolute atomic E-state index is 0.309. The first-order valence-corrected chi connectivity index (χ1v) is 6.57. The molecule has 1 aromatic carbocycles. The minimum atomic E-state index is -0.719. The molecule has 7 heteroatoms. The zero-order chi connectivity index (χ0) is 13.6. The molecule has 0 amide bonds. The van der Waals surface area contributed by atoms with Gasteiger partial charge in [-0.1, -0.05) is 12.1 Å². The van der Waals surface area contributed by atoms with Crippen LogP contribution in [0.5, 0.6) is 0 Å². The van der Waals surface area contributed by atoms with Crippen molar-refractivity contribution in [1.29, 1.82) is 0 Å². The number of anilines is 1. The average Bonchev–Trinajstić information content (AvgIpc) is 2.39. The number of para-hydroxylation sites is 1. The van der Waals surface area contributed by atoms with E-state index in [2.05, 4.69) is 15.4 Å². The monoisotopic (exact) mass is 296 g/mol. The van der Waals surface area contributed by atoms with E-state index in [1.54, 1.807) is 11.6 Å². The van der Waals surface area contributed by atoms with Crippen LogP contribution in [0.4, 0.5) is 5.69 Å². The molecular formula is C12H10Cl2N4O. The van der Waals surface area contributed by atoms with Gasteiger partial charge in [-0.2, -0.15) is 10.1 Å². The van der Waals surface area contributed by atoms with Crippen LogP contribution >= 0.6 is 23.2 Å². The summed E-state index contributed by atoms with van der Waals surface area (Å²) in [6, 6.07) is 7.51. The molecule has 98 valence electrons. The van der Waals surface area contributed by atoms with E-state index in [9.17, 15) is 4.79 Å². The van der Waals surface area contributed by atoms with Crippen molar-refractivity contribution in [3.8, 4) is 11.4 Å². The van der Waals surface area contributed by atoms with Gasteiger partial charge in [0, 0.05) is 11.3 Å². The summed E-state index contributed by atoms with van der Waals surface area (Å²) in [5, 5.41) is 7.42. The SMILES string of the molecule is Cc1nn2c(nc1=O)-c1ccccc1NC2C(Cl)Cl. The Kier molecular flexibility index (Phi) is 2.95. The van der Waals surface area contributed by atoms with Gasteiger partial charge in [-0.25, -0.2) is 4.68 Å². The van der Waals surface area contributed by atoms with Crippen molar-refractivity contribution in [3.05, 3.63) is 40.3 Å². The fourth-order valence-electron chi connectivity index (χ4n) is 2.05. The Hall–Kier alpha value is -1.59. The fraction of sp³-hybridized carbons (Fsp3) is 0.250. The lowest BCUT2D eigenvalue weighted by molar-refractivity contribution is 0.500. The molecule has 0 spiro atoms. The average molecular weight is 297 g/mol. The van der Waals surface area contributed by atoms with Crippen LogP contribution in [0.2, 0.25) is 0 Å². The number of hydrogen-bond acceptors (Lipinski definition) is 4. The lowest BCUT2D eigenvalue weighted by atomic mass is 10.1. The number of alkyl halides is 2. The van der Waals surface area contributed by atoms with Crippen LogP contribution in [0.3, 0.4) is 0 Å². The van der Waals surface area contributed by atoms with Crippen LogP contribution in [0.25, 0.3) is 11.4 Å². The highest BCUT2D eigenvalue weighted by Gasteiger charge is 2.29. The van der Waals surface area contributed by atoms with E-state index in [1.807, 2.05) is 24.3 Å². The molecule has 2 aromatic rings. The van der Waals surface area contributed by atoms with Crippen molar-refractivity contribution < 1.29 is 0 Å². The number of nitrogens with zero attached hydrogens (tertiary/aromatic N) is 3. The third kappa shape index (κ3) is 1.99. The van der Waals surface area contributed by atoms with Crippen molar-refractivity contribution in [1.82, 2.24) is 14.8 Å². The first-order valence-electron chi connectivity index (χ1n) is 5.69. The van der Waals surface area contributed by atoms with E-state index in [0.29, 0.717) is 11.5 Å². The highest BCUT2D eigenvalue weighted by atomic mass is 35.5. The number of aryl methyl sites for hydroxylation is 1. The highest BCUT2D eigenvalue weighted by molar-refractivity contribution is 6.44. The summed E-state index contributed by atoms with van der Waals surface area (Å²) in [6.07, 6.45) is -0.458. The predicted octanol–water partition coefficient (Wildman–Crippen LogP) is 2.34. The Morgan fingerprint density at radius 1 is 1.37 bits per heavy atom. The first kappa shape index (κ1) is 12.4. The molecule has 0 bridgehead atoms. The summed E-state index contributed by atoms with van der Waals surface area (Å²) in [4.78, 5) is 15.1. The second kappa shape index (κ2) is 4.51. The van der Waals surface area contributed by atoms with Gasteiger partial charge in [-0.3, -0.25) is 4.79 Å². The molecule has 0 saturated heterocycles.